The number of hydrogen-bond donors (Lipinski definition) is 2. The van der Waals surface area contributed by atoms with E-state index in [4.69, 9.17) is 0 Å². The highest BCUT2D eigenvalue weighted by Gasteiger charge is 2.59. The van der Waals surface area contributed by atoms with Gasteiger partial charge >= 0.3 is 0 Å². The number of anilines is 1. The summed E-state index contributed by atoms with van der Waals surface area (Å²) in [6.45, 7) is 0. The summed E-state index contributed by atoms with van der Waals surface area (Å²) in [5, 5.41) is 13.2. The van der Waals surface area contributed by atoms with Crippen molar-refractivity contribution in [2.24, 2.45) is 11.8 Å². The van der Waals surface area contributed by atoms with Crippen LogP contribution >= 0.6 is 0 Å². The van der Waals surface area contributed by atoms with E-state index >= 15 is 0 Å². The molecule has 5 rings (SSSR count). The zero-order valence-electron chi connectivity index (χ0n) is 15.6. The number of para-hydroxylation sites is 1. The Morgan fingerprint density at radius 1 is 0.655 bits per heavy atom. The second kappa shape index (κ2) is 6.87. The van der Waals surface area contributed by atoms with Crippen molar-refractivity contribution < 1.29 is 14.7 Å². The normalized spacial score (nSPS) is 26.0. The molecule has 0 saturated carbocycles. The van der Waals surface area contributed by atoms with Crippen molar-refractivity contribution in [1.82, 2.24) is 5.32 Å². The SMILES string of the molecule is O=C1[C@@H]2[C@H](C(=O)N1c1ccccc1)[C@@H](c1ccc(O)cc1)N[C@H]2c1ccccc1. The summed E-state index contributed by atoms with van der Waals surface area (Å²) in [6.07, 6.45) is 0. The summed E-state index contributed by atoms with van der Waals surface area (Å²) in [7, 11) is 0. The van der Waals surface area contributed by atoms with Crippen molar-refractivity contribution >= 4 is 17.5 Å². The van der Waals surface area contributed by atoms with E-state index in [0.29, 0.717) is 5.69 Å². The van der Waals surface area contributed by atoms with Crippen LogP contribution in [0, 0.1) is 11.8 Å². The molecule has 2 aliphatic heterocycles. The lowest BCUT2D eigenvalue weighted by Gasteiger charge is -2.23. The molecular formula is C24H20N2O3. The van der Waals surface area contributed by atoms with Gasteiger partial charge in [-0.1, -0.05) is 60.7 Å². The Morgan fingerprint density at radius 3 is 1.69 bits per heavy atom. The number of nitrogens with zero attached hydrogens (tertiary/aromatic N) is 1. The van der Waals surface area contributed by atoms with Crippen molar-refractivity contribution in [1.29, 1.82) is 0 Å². The number of benzene rings is 3. The van der Waals surface area contributed by atoms with Gasteiger partial charge in [-0.15, -0.1) is 0 Å². The maximum Gasteiger partial charge on any atom is 0.239 e. The molecule has 2 saturated heterocycles. The Bertz CT molecular complexity index is 1050. The minimum Gasteiger partial charge on any atom is -0.508 e. The van der Waals surface area contributed by atoms with Crippen LogP contribution in [0.4, 0.5) is 5.69 Å². The highest BCUT2D eigenvalue weighted by Crippen LogP contribution is 2.50. The average Bonchev–Trinajstić information content (AvgIpc) is 3.27. The second-order valence-corrected chi connectivity index (χ2v) is 7.52. The van der Waals surface area contributed by atoms with Gasteiger partial charge in [0.05, 0.1) is 17.5 Å². The van der Waals surface area contributed by atoms with E-state index in [1.165, 1.54) is 4.90 Å². The number of aromatic hydroxyl groups is 1. The summed E-state index contributed by atoms with van der Waals surface area (Å²) in [6, 6.07) is 25.1. The number of nitrogens with one attached hydrogen (secondary N) is 1. The quantitative estimate of drug-likeness (QED) is 0.677. The molecule has 0 radical (unpaired) electrons. The molecule has 0 aromatic heterocycles. The molecule has 3 aromatic rings. The molecule has 5 heteroatoms. The molecule has 5 nitrogen and oxygen atoms in total. The van der Waals surface area contributed by atoms with Crippen LogP contribution in [0.5, 0.6) is 5.75 Å². The van der Waals surface area contributed by atoms with Gasteiger partial charge in [-0.3, -0.25) is 9.59 Å². The first kappa shape index (κ1) is 17.6. The third-order valence-corrected chi connectivity index (χ3v) is 5.90. The maximum absolute atomic E-state index is 13.4. The highest BCUT2D eigenvalue weighted by atomic mass is 16.3. The van der Waals surface area contributed by atoms with Crippen molar-refractivity contribution in [3.8, 4) is 5.75 Å². The largest absolute Gasteiger partial charge is 0.508 e. The van der Waals surface area contributed by atoms with E-state index in [2.05, 4.69) is 5.32 Å². The van der Waals surface area contributed by atoms with E-state index in [9.17, 15) is 14.7 Å². The lowest BCUT2D eigenvalue weighted by molar-refractivity contribution is -0.123. The zero-order valence-corrected chi connectivity index (χ0v) is 15.6. The van der Waals surface area contributed by atoms with Crippen molar-refractivity contribution in [2.45, 2.75) is 12.1 Å². The van der Waals surface area contributed by atoms with Gasteiger partial charge in [0.25, 0.3) is 0 Å². The molecule has 0 unspecified atom stereocenters. The lowest BCUT2D eigenvalue weighted by Crippen LogP contribution is -2.36. The molecule has 2 heterocycles. The highest BCUT2D eigenvalue weighted by molar-refractivity contribution is 6.22. The van der Waals surface area contributed by atoms with Crippen LogP contribution < -0.4 is 10.2 Å². The molecular weight excluding hydrogens is 364 g/mol. The summed E-state index contributed by atoms with van der Waals surface area (Å²) in [5.41, 5.74) is 2.47. The number of hydrogen-bond acceptors (Lipinski definition) is 4. The van der Waals surface area contributed by atoms with Gasteiger partial charge in [0.2, 0.25) is 11.8 Å². The number of carbonyl (C=O) groups excluding carboxylic acids is 2. The minimum atomic E-state index is -0.502. The van der Waals surface area contributed by atoms with Gasteiger partial charge in [-0.2, -0.15) is 0 Å². The molecule has 3 aromatic carbocycles. The van der Waals surface area contributed by atoms with Gasteiger partial charge < -0.3 is 10.4 Å². The molecule has 2 amide bonds. The maximum atomic E-state index is 13.4. The number of amides is 2. The Hall–Kier alpha value is -3.44. The van der Waals surface area contributed by atoms with Crippen LogP contribution in [-0.2, 0) is 9.59 Å². The van der Waals surface area contributed by atoms with Crippen molar-refractivity contribution in [3.63, 3.8) is 0 Å². The van der Waals surface area contributed by atoms with E-state index in [1.54, 1.807) is 36.4 Å². The van der Waals surface area contributed by atoms with Gasteiger partial charge in [-0.25, -0.2) is 4.90 Å². The van der Waals surface area contributed by atoms with Crippen LogP contribution in [0.1, 0.15) is 23.2 Å². The lowest BCUT2D eigenvalue weighted by atomic mass is 9.84. The van der Waals surface area contributed by atoms with Gasteiger partial charge in [0.15, 0.2) is 0 Å². The first-order valence-electron chi connectivity index (χ1n) is 9.68. The minimum absolute atomic E-state index is 0.169. The van der Waals surface area contributed by atoms with Gasteiger partial charge in [0.1, 0.15) is 5.75 Å². The average molecular weight is 384 g/mol. The standard InChI is InChI=1S/C24H20N2O3/c27-18-13-11-16(12-14-18)22-20-19(21(25-22)15-7-3-1-4-8-15)23(28)26(24(20)29)17-9-5-2-6-10-17/h1-14,19-22,25,27H/t19-,20+,21+,22-/m1/s1. The van der Waals surface area contributed by atoms with Crippen molar-refractivity contribution in [3.05, 3.63) is 96.1 Å². The molecule has 2 N–H and O–H groups in total. The van der Waals surface area contributed by atoms with E-state index < -0.39 is 11.8 Å². The molecule has 2 aliphatic rings. The summed E-state index contributed by atoms with van der Waals surface area (Å²) >= 11 is 0. The van der Waals surface area contributed by atoms with Crippen LogP contribution in [0.25, 0.3) is 0 Å². The van der Waals surface area contributed by atoms with Crippen LogP contribution in [-0.4, -0.2) is 16.9 Å². The Balaban J connectivity index is 1.60. The number of fused-ring (bicyclic) bond motifs is 1. The third kappa shape index (κ3) is 2.82. The summed E-state index contributed by atoms with van der Waals surface area (Å²) < 4.78 is 0. The van der Waals surface area contributed by atoms with Gasteiger partial charge in [0, 0.05) is 12.1 Å². The molecule has 2 fully saturated rings. The summed E-state index contributed by atoms with van der Waals surface area (Å²) in [5.74, 6) is -1.17. The predicted molar refractivity (Wildman–Crippen MR) is 109 cm³/mol. The topological polar surface area (TPSA) is 69.6 Å². The van der Waals surface area contributed by atoms with Crippen LogP contribution in [0.15, 0.2) is 84.9 Å². The summed E-state index contributed by atoms with van der Waals surface area (Å²) in [4.78, 5) is 28.2. The fraction of sp³-hybridized carbons (Fsp3) is 0.167. The fourth-order valence-corrected chi connectivity index (χ4v) is 4.60. The Labute approximate surface area is 168 Å². The fourth-order valence-electron chi connectivity index (χ4n) is 4.60. The molecule has 0 bridgehead atoms. The van der Waals surface area contributed by atoms with Gasteiger partial charge in [-0.05, 0) is 35.4 Å². The van der Waals surface area contributed by atoms with E-state index in [1.807, 2.05) is 48.5 Å². The first-order valence-corrected chi connectivity index (χ1v) is 9.68. The monoisotopic (exact) mass is 384 g/mol. The second-order valence-electron chi connectivity index (χ2n) is 7.52. The Kier molecular flexibility index (Phi) is 4.18. The molecule has 144 valence electrons. The predicted octanol–water partition coefficient (Wildman–Crippen LogP) is 3.58. The van der Waals surface area contributed by atoms with Crippen LogP contribution in [0.3, 0.4) is 0 Å². The first-order chi connectivity index (χ1) is 14.1. The Morgan fingerprint density at radius 2 is 1.14 bits per heavy atom. The van der Waals surface area contributed by atoms with E-state index in [0.717, 1.165) is 11.1 Å². The third-order valence-electron chi connectivity index (χ3n) is 5.90. The molecule has 4 atom stereocenters. The smallest absolute Gasteiger partial charge is 0.239 e. The van der Waals surface area contributed by atoms with Crippen molar-refractivity contribution in [2.75, 3.05) is 4.90 Å². The zero-order chi connectivity index (χ0) is 20.0. The van der Waals surface area contributed by atoms with E-state index in [-0.39, 0.29) is 29.6 Å². The number of imide groups is 1. The molecule has 29 heavy (non-hydrogen) atoms. The number of phenolic OH excluding ortho intramolecular Hbond substituents is 1. The number of phenols is 1. The molecule has 0 aliphatic carbocycles. The molecule has 0 spiro atoms. The number of rotatable bonds is 3. The number of carbonyl (C=O) groups is 2. The van der Waals surface area contributed by atoms with Crippen LogP contribution in [0.2, 0.25) is 0 Å².